The van der Waals surface area contributed by atoms with E-state index in [1.165, 1.54) is 0 Å². The molecular weight excluding hydrogens is 390 g/mol. The third kappa shape index (κ3) is 5.35. The van der Waals surface area contributed by atoms with Crippen LogP contribution in [0.1, 0.15) is 32.2 Å². The van der Waals surface area contributed by atoms with Crippen molar-refractivity contribution in [1.29, 1.82) is 0 Å². The molecule has 0 saturated carbocycles. The fraction of sp³-hybridized carbons (Fsp3) is 0.318. The number of nitrogens with zero attached hydrogens (tertiary/aromatic N) is 3. The number of benzene rings is 2. The molecule has 3 rings (SSSR count). The predicted molar refractivity (Wildman–Crippen MR) is 112 cm³/mol. The highest BCUT2D eigenvalue weighted by molar-refractivity contribution is 6.30. The Morgan fingerprint density at radius 3 is 2.55 bits per heavy atom. The summed E-state index contributed by atoms with van der Waals surface area (Å²) in [6.07, 6.45) is -0.641. The van der Waals surface area contributed by atoms with Crippen molar-refractivity contribution in [3.63, 3.8) is 0 Å². The summed E-state index contributed by atoms with van der Waals surface area (Å²) in [5.74, 6) is 1.33. The summed E-state index contributed by atoms with van der Waals surface area (Å²) in [6, 6.07) is 14.7. The number of carbonyl (C=O) groups excluding carboxylic acids is 1. The van der Waals surface area contributed by atoms with Crippen molar-refractivity contribution in [2.75, 3.05) is 0 Å². The van der Waals surface area contributed by atoms with Crippen molar-refractivity contribution < 1.29 is 14.1 Å². The number of aromatic nitrogens is 2. The van der Waals surface area contributed by atoms with Gasteiger partial charge in [-0.2, -0.15) is 4.98 Å². The van der Waals surface area contributed by atoms with Gasteiger partial charge < -0.3 is 14.2 Å². The first-order chi connectivity index (χ1) is 13.8. The molecule has 152 valence electrons. The molecule has 0 radical (unpaired) electrons. The van der Waals surface area contributed by atoms with Gasteiger partial charge in [-0.1, -0.05) is 28.9 Å². The minimum absolute atomic E-state index is 0.0584. The minimum atomic E-state index is -0.641. The second-order valence-corrected chi connectivity index (χ2v) is 7.59. The Balaban J connectivity index is 1.71. The van der Waals surface area contributed by atoms with Crippen molar-refractivity contribution in [1.82, 2.24) is 15.0 Å². The number of hydrogen-bond acceptors (Lipinski definition) is 5. The molecule has 0 bridgehead atoms. The van der Waals surface area contributed by atoms with E-state index in [-0.39, 0.29) is 18.5 Å². The van der Waals surface area contributed by atoms with Gasteiger partial charge in [0.15, 0.2) is 6.10 Å². The number of carbonyl (C=O) groups is 1. The third-order valence-corrected chi connectivity index (χ3v) is 4.68. The Kier molecular flexibility index (Phi) is 6.54. The number of rotatable bonds is 7. The molecule has 0 aliphatic heterocycles. The maximum absolute atomic E-state index is 13.0. The zero-order valence-corrected chi connectivity index (χ0v) is 17.7. The summed E-state index contributed by atoms with van der Waals surface area (Å²) < 4.78 is 11.2. The van der Waals surface area contributed by atoms with E-state index in [2.05, 4.69) is 10.1 Å². The largest absolute Gasteiger partial charge is 0.481 e. The second kappa shape index (κ2) is 9.09. The standard InChI is InChI=1S/C22H24ClN3O3/c1-14(2)26(22(27)16(4)28-19-7-5-6-15(3)12-19)13-20-24-21(25-29-20)17-8-10-18(23)11-9-17/h5-12,14,16H,13H2,1-4H3/t16-/m0/s1. The Bertz CT molecular complexity index is 969. The molecule has 0 aliphatic rings. The number of hydrogen-bond donors (Lipinski definition) is 0. The van der Waals surface area contributed by atoms with Gasteiger partial charge in [0.25, 0.3) is 5.91 Å². The highest BCUT2D eigenvalue weighted by atomic mass is 35.5. The van der Waals surface area contributed by atoms with Crippen molar-refractivity contribution in [2.24, 2.45) is 0 Å². The van der Waals surface area contributed by atoms with Crippen LogP contribution in [0.2, 0.25) is 5.02 Å². The fourth-order valence-corrected chi connectivity index (χ4v) is 3.00. The maximum Gasteiger partial charge on any atom is 0.264 e. The molecule has 1 amide bonds. The van der Waals surface area contributed by atoms with Crippen LogP contribution in [0.5, 0.6) is 5.75 Å². The van der Waals surface area contributed by atoms with Gasteiger partial charge in [-0.05, 0) is 69.7 Å². The van der Waals surface area contributed by atoms with E-state index in [1.54, 1.807) is 24.0 Å². The van der Waals surface area contributed by atoms with Gasteiger partial charge in [-0.3, -0.25) is 4.79 Å². The first-order valence-electron chi connectivity index (χ1n) is 9.46. The Morgan fingerprint density at radius 1 is 1.17 bits per heavy atom. The van der Waals surface area contributed by atoms with Crippen molar-refractivity contribution in [2.45, 2.75) is 46.4 Å². The minimum Gasteiger partial charge on any atom is -0.481 e. The van der Waals surface area contributed by atoms with E-state index >= 15 is 0 Å². The molecule has 0 saturated heterocycles. The van der Waals surface area contributed by atoms with E-state index in [1.807, 2.05) is 57.2 Å². The first-order valence-corrected chi connectivity index (χ1v) is 9.83. The van der Waals surface area contributed by atoms with Crippen LogP contribution >= 0.6 is 11.6 Å². The summed E-state index contributed by atoms with van der Waals surface area (Å²) >= 11 is 5.92. The number of amides is 1. The lowest BCUT2D eigenvalue weighted by Crippen LogP contribution is -2.43. The van der Waals surface area contributed by atoms with E-state index in [9.17, 15) is 4.79 Å². The molecule has 0 N–H and O–H groups in total. The Labute approximate surface area is 175 Å². The molecule has 0 fully saturated rings. The van der Waals surface area contributed by atoms with Crippen molar-refractivity contribution in [3.05, 3.63) is 65.0 Å². The SMILES string of the molecule is Cc1cccc(O[C@@H](C)C(=O)N(Cc2nc(-c3ccc(Cl)cc3)no2)C(C)C)c1. The maximum atomic E-state index is 13.0. The average molecular weight is 414 g/mol. The monoisotopic (exact) mass is 413 g/mol. The normalized spacial score (nSPS) is 12.1. The van der Waals surface area contributed by atoms with Crippen LogP contribution in [0, 0.1) is 6.92 Å². The fourth-order valence-electron chi connectivity index (χ4n) is 2.87. The third-order valence-electron chi connectivity index (χ3n) is 4.43. The summed E-state index contributed by atoms with van der Waals surface area (Å²) in [4.78, 5) is 19.1. The summed E-state index contributed by atoms with van der Waals surface area (Å²) in [6.45, 7) is 7.81. The Morgan fingerprint density at radius 2 is 1.90 bits per heavy atom. The highest BCUT2D eigenvalue weighted by Gasteiger charge is 2.26. The molecule has 1 atom stereocenters. The average Bonchev–Trinajstić information content (AvgIpc) is 3.14. The van der Waals surface area contributed by atoms with Gasteiger partial charge in [-0.25, -0.2) is 0 Å². The van der Waals surface area contributed by atoms with Gasteiger partial charge in [0.1, 0.15) is 12.3 Å². The summed E-state index contributed by atoms with van der Waals surface area (Å²) in [5, 5.41) is 4.65. The van der Waals surface area contributed by atoms with Crippen molar-refractivity contribution in [3.8, 4) is 17.1 Å². The van der Waals surface area contributed by atoms with Crippen LogP contribution in [-0.4, -0.2) is 33.1 Å². The van der Waals surface area contributed by atoms with Crippen LogP contribution in [0.4, 0.5) is 0 Å². The van der Waals surface area contributed by atoms with Crippen LogP contribution in [0.15, 0.2) is 53.1 Å². The van der Waals surface area contributed by atoms with Crippen molar-refractivity contribution >= 4 is 17.5 Å². The molecule has 0 aliphatic carbocycles. The molecule has 0 spiro atoms. The number of ether oxygens (including phenoxy) is 1. The van der Waals surface area contributed by atoms with Gasteiger partial charge in [0, 0.05) is 16.6 Å². The molecule has 1 aromatic heterocycles. The van der Waals surface area contributed by atoms with Crippen LogP contribution in [-0.2, 0) is 11.3 Å². The zero-order chi connectivity index (χ0) is 21.0. The molecule has 2 aromatic carbocycles. The molecule has 7 heteroatoms. The summed E-state index contributed by atoms with van der Waals surface area (Å²) in [7, 11) is 0. The molecule has 29 heavy (non-hydrogen) atoms. The lowest BCUT2D eigenvalue weighted by Gasteiger charge is -2.28. The van der Waals surface area contributed by atoms with Gasteiger partial charge in [-0.15, -0.1) is 0 Å². The Hall–Kier alpha value is -2.86. The van der Waals surface area contributed by atoms with Crippen LogP contribution in [0.25, 0.3) is 11.4 Å². The smallest absolute Gasteiger partial charge is 0.264 e. The van der Waals surface area contributed by atoms with Crippen LogP contribution < -0.4 is 4.74 Å². The molecular formula is C22H24ClN3O3. The van der Waals surface area contributed by atoms with E-state index in [0.717, 1.165) is 11.1 Å². The first kappa shape index (κ1) is 20.9. The quantitative estimate of drug-likeness (QED) is 0.550. The summed E-state index contributed by atoms with van der Waals surface area (Å²) in [5.41, 5.74) is 1.87. The molecule has 0 unspecified atom stereocenters. The highest BCUT2D eigenvalue weighted by Crippen LogP contribution is 2.20. The zero-order valence-electron chi connectivity index (χ0n) is 16.9. The van der Waals surface area contributed by atoms with Gasteiger partial charge >= 0.3 is 0 Å². The lowest BCUT2D eigenvalue weighted by atomic mass is 10.2. The number of halogens is 1. The molecule has 1 heterocycles. The molecule has 3 aromatic rings. The van der Waals surface area contributed by atoms with Crippen LogP contribution in [0.3, 0.4) is 0 Å². The number of aryl methyl sites for hydroxylation is 1. The van der Waals surface area contributed by atoms with E-state index in [0.29, 0.717) is 22.5 Å². The topological polar surface area (TPSA) is 68.5 Å². The van der Waals surface area contributed by atoms with E-state index in [4.69, 9.17) is 20.9 Å². The van der Waals surface area contributed by atoms with Gasteiger partial charge in [0.2, 0.25) is 11.7 Å². The second-order valence-electron chi connectivity index (χ2n) is 7.16. The lowest BCUT2D eigenvalue weighted by molar-refractivity contribution is -0.140. The predicted octanol–water partition coefficient (Wildman–Crippen LogP) is 4.90. The van der Waals surface area contributed by atoms with E-state index < -0.39 is 6.10 Å². The van der Waals surface area contributed by atoms with Gasteiger partial charge in [0.05, 0.1) is 0 Å². The molecule has 6 nitrogen and oxygen atoms in total.